The number of aromatic nitrogens is 1. The molecule has 0 saturated heterocycles. The molecule has 3 rings (SSSR count). The quantitative estimate of drug-likeness (QED) is 0.560. The Bertz CT molecular complexity index is 815. The van der Waals surface area contributed by atoms with Gasteiger partial charge in [0.1, 0.15) is 5.01 Å². The summed E-state index contributed by atoms with van der Waals surface area (Å²) in [6.45, 7) is 5.39. The van der Waals surface area contributed by atoms with E-state index in [0.717, 1.165) is 35.2 Å². The van der Waals surface area contributed by atoms with Crippen LogP contribution in [0.3, 0.4) is 0 Å². The molecule has 0 amide bonds. The van der Waals surface area contributed by atoms with Gasteiger partial charge in [0.2, 0.25) is 0 Å². The summed E-state index contributed by atoms with van der Waals surface area (Å²) in [4.78, 5) is 6.06. The number of aryl methyl sites for hydroxylation is 1. The van der Waals surface area contributed by atoms with Crippen molar-refractivity contribution >= 4 is 22.7 Å². The largest absolute Gasteiger partial charge is 0.493 e. The van der Waals surface area contributed by atoms with Gasteiger partial charge in [-0.2, -0.15) is 0 Å². The Morgan fingerprint density at radius 3 is 2.73 bits per heavy atom. The van der Waals surface area contributed by atoms with Crippen LogP contribution in [-0.2, 0) is 13.0 Å². The van der Waals surface area contributed by atoms with E-state index in [1.807, 2.05) is 26.0 Å². The molecule has 2 heterocycles. The monoisotopic (exact) mass is 388 g/mol. The van der Waals surface area contributed by atoms with Crippen LogP contribution in [0.1, 0.15) is 34.1 Å². The van der Waals surface area contributed by atoms with Crippen molar-refractivity contribution in [2.75, 3.05) is 13.7 Å². The third-order valence-corrected chi connectivity index (χ3v) is 5.98. The first-order valence-corrected chi connectivity index (χ1v) is 10.4. The minimum atomic E-state index is 0.199. The van der Waals surface area contributed by atoms with E-state index >= 15 is 0 Å². The molecule has 0 aliphatic carbocycles. The molecular formula is C20H24N2O2S2. The second-order valence-electron chi connectivity index (χ2n) is 5.96. The van der Waals surface area contributed by atoms with Gasteiger partial charge in [-0.15, -0.1) is 22.7 Å². The highest BCUT2D eigenvalue weighted by Crippen LogP contribution is 2.29. The average molecular weight is 389 g/mol. The standard InChI is InChI=1S/C20H24N2O2S2/c1-4-24-19-10-15(7-8-18(19)23-3)12-21-17(11-16-6-5-9-25-16)20-22-14(2)13-26-20/h5-10,13,17,21H,4,11-12H2,1-3H3. The molecule has 138 valence electrons. The number of methoxy groups -OCH3 is 1. The van der Waals surface area contributed by atoms with E-state index < -0.39 is 0 Å². The van der Waals surface area contributed by atoms with Gasteiger partial charge in [0, 0.05) is 28.9 Å². The van der Waals surface area contributed by atoms with Crippen LogP contribution in [0.25, 0.3) is 0 Å². The van der Waals surface area contributed by atoms with Crippen molar-refractivity contribution in [3.05, 3.63) is 62.2 Å². The molecule has 1 N–H and O–H groups in total. The normalized spacial score (nSPS) is 12.1. The van der Waals surface area contributed by atoms with Crippen LogP contribution in [0.15, 0.2) is 41.1 Å². The molecule has 1 aromatic carbocycles. The van der Waals surface area contributed by atoms with Crippen molar-refractivity contribution in [1.29, 1.82) is 0 Å². The molecule has 0 bridgehead atoms. The Hall–Kier alpha value is -1.89. The van der Waals surface area contributed by atoms with Crippen molar-refractivity contribution in [3.63, 3.8) is 0 Å². The van der Waals surface area contributed by atoms with Crippen LogP contribution in [-0.4, -0.2) is 18.7 Å². The maximum Gasteiger partial charge on any atom is 0.161 e. The van der Waals surface area contributed by atoms with Crippen molar-refractivity contribution in [2.24, 2.45) is 0 Å². The minimum absolute atomic E-state index is 0.199. The molecule has 1 unspecified atom stereocenters. The van der Waals surface area contributed by atoms with Gasteiger partial charge in [0.15, 0.2) is 11.5 Å². The summed E-state index contributed by atoms with van der Waals surface area (Å²) in [6.07, 6.45) is 0.944. The first kappa shape index (κ1) is 18.9. The first-order valence-electron chi connectivity index (χ1n) is 8.67. The fraction of sp³-hybridized carbons (Fsp3) is 0.350. The number of thiazole rings is 1. The third kappa shape index (κ3) is 4.84. The second kappa shape index (κ2) is 9.16. The minimum Gasteiger partial charge on any atom is -0.493 e. The molecule has 4 nitrogen and oxygen atoms in total. The summed E-state index contributed by atoms with van der Waals surface area (Å²) in [5.41, 5.74) is 2.24. The lowest BCUT2D eigenvalue weighted by molar-refractivity contribution is 0.310. The SMILES string of the molecule is CCOc1cc(CNC(Cc2cccs2)c2nc(C)cs2)ccc1OC. The molecule has 0 fully saturated rings. The fourth-order valence-electron chi connectivity index (χ4n) is 2.75. The average Bonchev–Trinajstić information content (AvgIpc) is 3.30. The molecule has 0 radical (unpaired) electrons. The number of benzene rings is 1. The predicted molar refractivity (Wildman–Crippen MR) is 109 cm³/mol. The number of nitrogens with one attached hydrogen (secondary N) is 1. The summed E-state index contributed by atoms with van der Waals surface area (Å²) >= 11 is 3.51. The zero-order chi connectivity index (χ0) is 18.4. The number of hydrogen-bond donors (Lipinski definition) is 1. The molecule has 0 saturated carbocycles. The van der Waals surface area contributed by atoms with Crippen LogP contribution < -0.4 is 14.8 Å². The van der Waals surface area contributed by atoms with Gasteiger partial charge in [0.05, 0.1) is 19.8 Å². The van der Waals surface area contributed by atoms with Crippen molar-refractivity contribution in [3.8, 4) is 11.5 Å². The highest BCUT2D eigenvalue weighted by Gasteiger charge is 2.16. The van der Waals surface area contributed by atoms with Crippen LogP contribution in [0.2, 0.25) is 0 Å². The van der Waals surface area contributed by atoms with E-state index in [9.17, 15) is 0 Å². The van der Waals surface area contributed by atoms with Crippen LogP contribution >= 0.6 is 22.7 Å². The smallest absolute Gasteiger partial charge is 0.161 e. The second-order valence-corrected chi connectivity index (χ2v) is 7.88. The molecule has 1 atom stereocenters. The van der Waals surface area contributed by atoms with E-state index in [1.54, 1.807) is 29.8 Å². The number of ether oxygens (including phenoxy) is 2. The molecule has 0 aliphatic rings. The predicted octanol–water partition coefficient (Wildman–Crippen LogP) is 4.99. The maximum absolute atomic E-state index is 5.69. The summed E-state index contributed by atoms with van der Waals surface area (Å²) in [7, 11) is 1.66. The van der Waals surface area contributed by atoms with Gasteiger partial charge < -0.3 is 14.8 Å². The van der Waals surface area contributed by atoms with Gasteiger partial charge in [-0.3, -0.25) is 0 Å². The van der Waals surface area contributed by atoms with Crippen molar-refractivity contribution in [1.82, 2.24) is 10.3 Å². The van der Waals surface area contributed by atoms with E-state index in [-0.39, 0.29) is 6.04 Å². The number of rotatable bonds is 9. The van der Waals surface area contributed by atoms with Crippen LogP contribution in [0.5, 0.6) is 11.5 Å². The Morgan fingerprint density at radius 2 is 2.08 bits per heavy atom. The van der Waals surface area contributed by atoms with Gasteiger partial charge in [0.25, 0.3) is 0 Å². The van der Waals surface area contributed by atoms with Crippen molar-refractivity contribution < 1.29 is 9.47 Å². The number of hydrogen-bond acceptors (Lipinski definition) is 6. The van der Waals surface area contributed by atoms with E-state index in [0.29, 0.717) is 6.61 Å². The molecular weight excluding hydrogens is 364 g/mol. The van der Waals surface area contributed by atoms with Gasteiger partial charge >= 0.3 is 0 Å². The highest BCUT2D eigenvalue weighted by atomic mass is 32.1. The zero-order valence-corrected chi connectivity index (χ0v) is 17.0. The van der Waals surface area contributed by atoms with Gasteiger partial charge in [-0.25, -0.2) is 4.98 Å². The molecule has 26 heavy (non-hydrogen) atoms. The Labute approximate surface area is 162 Å². The lowest BCUT2D eigenvalue weighted by Gasteiger charge is -2.17. The van der Waals surface area contributed by atoms with E-state index in [1.165, 1.54) is 10.4 Å². The van der Waals surface area contributed by atoms with Gasteiger partial charge in [-0.1, -0.05) is 12.1 Å². The Morgan fingerprint density at radius 1 is 1.19 bits per heavy atom. The first-order chi connectivity index (χ1) is 12.7. The molecule has 0 aliphatic heterocycles. The van der Waals surface area contributed by atoms with E-state index in [4.69, 9.17) is 14.5 Å². The van der Waals surface area contributed by atoms with Gasteiger partial charge in [-0.05, 0) is 43.0 Å². The summed E-state index contributed by atoms with van der Waals surface area (Å²) < 4.78 is 11.1. The Kier molecular flexibility index (Phi) is 6.66. The summed E-state index contributed by atoms with van der Waals surface area (Å²) in [5, 5.41) is 9.04. The number of nitrogens with zero attached hydrogens (tertiary/aromatic N) is 1. The van der Waals surface area contributed by atoms with Crippen molar-refractivity contribution in [2.45, 2.75) is 32.9 Å². The van der Waals surface area contributed by atoms with Crippen LogP contribution in [0, 0.1) is 6.92 Å². The molecule has 3 aromatic rings. The lowest BCUT2D eigenvalue weighted by Crippen LogP contribution is -2.22. The van der Waals surface area contributed by atoms with E-state index in [2.05, 4.69) is 34.3 Å². The Balaban J connectivity index is 1.74. The number of thiophene rings is 1. The molecule has 6 heteroatoms. The molecule has 2 aromatic heterocycles. The lowest BCUT2D eigenvalue weighted by atomic mass is 10.1. The van der Waals surface area contributed by atoms with Crippen LogP contribution in [0.4, 0.5) is 0 Å². The third-order valence-electron chi connectivity index (χ3n) is 4.00. The summed E-state index contributed by atoms with van der Waals surface area (Å²) in [6, 6.07) is 10.6. The zero-order valence-electron chi connectivity index (χ0n) is 15.3. The maximum atomic E-state index is 5.69. The summed E-state index contributed by atoms with van der Waals surface area (Å²) in [5.74, 6) is 1.55. The molecule has 0 spiro atoms. The highest BCUT2D eigenvalue weighted by molar-refractivity contribution is 7.10. The fourth-order valence-corrected chi connectivity index (χ4v) is 4.37. The topological polar surface area (TPSA) is 43.4 Å².